The predicted octanol–water partition coefficient (Wildman–Crippen LogP) is 0.261. The summed E-state index contributed by atoms with van der Waals surface area (Å²) in [5.74, 6) is 0.701. The van der Waals surface area contributed by atoms with E-state index in [-0.39, 0.29) is 45.2 Å². The molecule has 0 spiro atoms. The SMILES string of the molecule is [CH2-]Cc1[c-]c(=O)n(C)c(C)n1.[V].[W]. The Morgan fingerprint density at radius 2 is 2.15 bits per heavy atom. The average Bonchev–Trinajstić information content (AvgIpc) is 1.99. The van der Waals surface area contributed by atoms with Gasteiger partial charge >= 0.3 is 0 Å². The van der Waals surface area contributed by atoms with Crippen molar-refractivity contribution in [2.24, 2.45) is 7.05 Å². The van der Waals surface area contributed by atoms with Crippen molar-refractivity contribution >= 4 is 0 Å². The van der Waals surface area contributed by atoms with Crippen molar-refractivity contribution in [3.63, 3.8) is 0 Å². The third-order valence-electron chi connectivity index (χ3n) is 1.57. The molecule has 1 aromatic rings. The Balaban J connectivity index is 0. The fraction of sp³-hybridized carbons (Fsp3) is 0.375. The molecular formula is C8H10N2OVW-2. The summed E-state index contributed by atoms with van der Waals surface area (Å²) in [7, 11) is 1.67. The van der Waals surface area contributed by atoms with E-state index >= 15 is 0 Å². The van der Waals surface area contributed by atoms with Crippen LogP contribution in [0.5, 0.6) is 0 Å². The zero-order valence-electron chi connectivity index (χ0n) is 7.57. The molecule has 0 unspecified atom stereocenters. The number of nitrogens with zero attached hydrogens (tertiary/aromatic N) is 2. The molecule has 0 N–H and O–H groups in total. The van der Waals surface area contributed by atoms with Gasteiger partial charge in [-0.25, -0.2) is 0 Å². The molecule has 5 heteroatoms. The standard InChI is InChI=1S/C8H10N2O.V.W/c1-4-7-5-8(11)10(3)6(2)9-7;;/h1,4H2,2-3H3;;/q-2;;. The molecule has 0 bridgehead atoms. The van der Waals surface area contributed by atoms with Crippen LogP contribution < -0.4 is 5.56 Å². The second-order valence-electron chi connectivity index (χ2n) is 2.34. The molecule has 0 aliphatic heterocycles. The Morgan fingerprint density at radius 3 is 2.54 bits per heavy atom. The maximum Gasteiger partial charge on any atom is 0.102 e. The maximum absolute atomic E-state index is 11.1. The quantitative estimate of drug-likeness (QED) is 0.651. The topological polar surface area (TPSA) is 34.9 Å². The molecule has 0 aliphatic rings. The fourth-order valence-electron chi connectivity index (χ4n) is 0.771. The molecule has 0 amide bonds. The van der Waals surface area contributed by atoms with E-state index in [1.54, 1.807) is 14.0 Å². The van der Waals surface area contributed by atoms with Crippen molar-refractivity contribution in [1.82, 2.24) is 9.55 Å². The van der Waals surface area contributed by atoms with Gasteiger partial charge in [0.05, 0.1) is 5.56 Å². The van der Waals surface area contributed by atoms with E-state index in [2.05, 4.69) is 18.0 Å². The first-order chi connectivity index (χ1) is 5.15. The summed E-state index contributed by atoms with van der Waals surface area (Å²) in [5, 5.41) is 0. The molecule has 1 heterocycles. The summed E-state index contributed by atoms with van der Waals surface area (Å²) in [6, 6.07) is 2.60. The van der Waals surface area contributed by atoms with Crippen LogP contribution in [0.2, 0.25) is 0 Å². The Kier molecular flexibility index (Phi) is 7.91. The van der Waals surface area contributed by atoms with Crippen molar-refractivity contribution in [2.45, 2.75) is 13.3 Å². The molecule has 0 saturated heterocycles. The average molecular weight is 385 g/mol. The van der Waals surface area contributed by atoms with Gasteiger partial charge in [0.1, 0.15) is 5.82 Å². The van der Waals surface area contributed by atoms with Gasteiger partial charge in [0.2, 0.25) is 0 Å². The van der Waals surface area contributed by atoms with Gasteiger partial charge in [0.15, 0.2) is 0 Å². The number of hydrogen-bond acceptors (Lipinski definition) is 2. The van der Waals surface area contributed by atoms with Gasteiger partial charge in [-0.2, -0.15) is 12.1 Å². The Morgan fingerprint density at radius 1 is 1.62 bits per heavy atom. The molecule has 1 radical (unpaired) electrons. The molecule has 0 fully saturated rings. The van der Waals surface area contributed by atoms with Crippen LogP contribution >= 0.6 is 0 Å². The Bertz CT molecular complexity index is 324. The van der Waals surface area contributed by atoms with Gasteiger partial charge in [-0.3, -0.25) is 4.98 Å². The van der Waals surface area contributed by atoms with Gasteiger partial charge in [0, 0.05) is 46.7 Å². The van der Waals surface area contributed by atoms with Crippen LogP contribution in [0.3, 0.4) is 0 Å². The number of aromatic nitrogens is 2. The number of aryl methyl sites for hydroxylation is 1. The summed E-state index contributed by atoms with van der Waals surface area (Å²) in [5.41, 5.74) is 0.488. The number of hydrogen-bond donors (Lipinski definition) is 0. The molecule has 71 valence electrons. The molecule has 3 nitrogen and oxygen atoms in total. The van der Waals surface area contributed by atoms with Gasteiger partial charge in [-0.15, -0.1) is 0 Å². The van der Waals surface area contributed by atoms with Crippen LogP contribution in [0, 0.1) is 19.9 Å². The third-order valence-corrected chi connectivity index (χ3v) is 1.57. The number of rotatable bonds is 1. The van der Waals surface area contributed by atoms with E-state index < -0.39 is 0 Å². The van der Waals surface area contributed by atoms with Crippen LogP contribution in [0.25, 0.3) is 0 Å². The van der Waals surface area contributed by atoms with Crippen molar-refractivity contribution in [3.05, 3.63) is 34.9 Å². The monoisotopic (exact) mass is 385 g/mol. The molecule has 0 saturated carbocycles. The second-order valence-corrected chi connectivity index (χ2v) is 2.34. The largest absolute Gasteiger partial charge is 0.384 e. The van der Waals surface area contributed by atoms with Crippen LogP contribution in [0.1, 0.15) is 11.5 Å². The van der Waals surface area contributed by atoms with E-state index in [0.29, 0.717) is 17.9 Å². The van der Waals surface area contributed by atoms with Crippen LogP contribution in [-0.4, -0.2) is 9.55 Å². The molecule has 0 aliphatic carbocycles. The first kappa shape index (κ1) is 15.6. The zero-order valence-corrected chi connectivity index (χ0v) is 11.9. The van der Waals surface area contributed by atoms with Gasteiger partial charge in [0.25, 0.3) is 0 Å². The molecule has 1 rings (SSSR count). The molecular weight excluding hydrogens is 375 g/mol. The minimum absolute atomic E-state index is 0. The Labute approximate surface area is 104 Å². The summed E-state index contributed by atoms with van der Waals surface area (Å²) in [4.78, 5) is 15.2. The minimum Gasteiger partial charge on any atom is -0.384 e. The summed E-state index contributed by atoms with van der Waals surface area (Å²) >= 11 is 0. The third kappa shape index (κ3) is 3.80. The van der Waals surface area contributed by atoms with Crippen molar-refractivity contribution in [2.75, 3.05) is 0 Å². The van der Waals surface area contributed by atoms with E-state index in [0.717, 1.165) is 0 Å². The van der Waals surface area contributed by atoms with Gasteiger partial charge < -0.3 is 22.4 Å². The van der Waals surface area contributed by atoms with Crippen molar-refractivity contribution < 1.29 is 39.6 Å². The molecule has 1 aromatic heterocycles. The van der Waals surface area contributed by atoms with E-state index in [1.807, 2.05) is 0 Å². The first-order valence-electron chi connectivity index (χ1n) is 3.40. The summed E-state index contributed by atoms with van der Waals surface area (Å²) in [6.07, 6.45) is 0.511. The first-order valence-corrected chi connectivity index (χ1v) is 3.40. The Hall–Kier alpha value is 0.153. The molecule has 0 atom stereocenters. The fourth-order valence-corrected chi connectivity index (χ4v) is 0.771. The van der Waals surface area contributed by atoms with Crippen molar-refractivity contribution in [3.8, 4) is 0 Å². The van der Waals surface area contributed by atoms with Crippen LogP contribution in [-0.2, 0) is 53.1 Å². The maximum atomic E-state index is 11.1. The van der Waals surface area contributed by atoms with Crippen LogP contribution in [0.15, 0.2) is 4.79 Å². The second kappa shape index (κ2) is 6.58. The smallest absolute Gasteiger partial charge is 0.102 e. The van der Waals surface area contributed by atoms with E-state index in [9.17, 15) is 4.79 Å². The minimum atomic E-state index is -0.142. The summed E-state index contributed by atoms with van der Waals surface area (Å²) in [6.45, 7) is 5.41. The molecule has 0 aromatic carbocycles. The van der Waals surface area contributed by atoms with Crippen molar-refractivity contribution in [1.29, 1.82) is 0 Å². The van der Waals surface area contributed by atoms with E-state index in [1.165, 1.54) is 4.57 Å². The van der Waals surface area contributed by atoms with Crippen LogP contribution in [0.4, 0.5) is 0 Å². The normalized spacial score (nSPS) is 8.54. The zero-order chi connectivity index (χ0) is 8.43. The van der Waals surface area contributed by atoms with E-state index in [4.69, 9.17) is 0 Å². The van der Waals surface area contributed by atoms with Gasteiger partial charge in [-0.05, 0) is 6.92 Å². The molecule has 13 heavy (non-hydrogen) atoms. The predicted molar refractivity (Wildman–Crippen MR) is 42.1 cm³/mol. The summed E-state index contributed by atoms with van der Waals surface area (Å²) < 4.78 is 1.46. The van der Waals surface area contributed by atoms with Gasteiger partial charge in [-0.1, -0.05) is 0 Å².